The van der Waals surface area contributed by atoms with Gasteiger partial charge in [-0.3, -0.25) is 4.79 Å². The molecule has 3 N–H and O–H groups in total. The van der Waals surface area contributed by atoms with Gasteiger partial charge in [0.2, 0.25) is 5.91 Å². The van der Waals surface area contributed by atoms with Crippen LogP contribution < -0.4 is 14.6 Å². The van der Waals surface area contributed by atoms with E-state index in [1.807, 2.05) is 12.1 Å². The second kappa shape index (κ2) is 8.00. The van der Waals surface area contributed by atoms with E-state index >= 15 is 0 Å². The normalized spacial score (nSPS) is 30.0. The third-order valence-corrected chi connectivity index (χ3v) is 7.98. The number of hydrogen-bond acceptors (Lipinski definition) is 4. The van der Waals surface area contributed by atoms with Crippen molar-refractivity contribution in [2.75, 3.05) is 6.54 Å². The lowest BCUT2D eigenvalue weighted by Crippen LogP contribution is -2.44. The van der Waals surface area contributed by atoms with Crippen LogP contribution in [0.1, 0.15) is 69.4 Å². The van der Waals surface area contributed by atoms with Gasteiger partial charge in [-0.05, 0) is 79.5 Å². The third kappa shape index (κ3) is 3.89. The van der Waals surface area contributed by atoms with Gasteiger partial charge in [0.15, 0.2) is 0 Å². The summed E-state index contributed by atoms with van der Waals surface area (Å²) >= 11 is 0. The molecule has 1 fully saturated rings. The molecule has 3 aliphatic carbocycles. The first-order valence-electron chi connectivity index (χ1n) is 11.1. The Morgan fingerprint density at radius 1 is 1.33 bits per heavy atom. The van der Waals surface area contributed by atoms with Crippen molar-refractivity contribution in [1.82, 2.24) is 5.32 Å². The lowest BCUT2D eigenvalue weighted by molar-refractivity contribution is -0.119. The van der Waals surface area contributed by atoms with Crippen LogP contribution in [0.4, 0.5) is 0 Å². The number of allylic oxidation sites excluding steroid dienone is 1. The molecule has 0 aliphatic heterocycles. The minimum absolute atomic E-state index is 0.0500. The van der Waals surface area contributed by atoms with E-state index in [1.165, 1.54) is 5.56 Å². The maximum atomic E-state index is 12.8. The van der Waals surface area contributed by atoms with Crippen LogP contribution in [0.3, 0.4) is 0 Å². The predicted molar refractivity (Wildman–Crippen MR) is 116 cm³/mol. The largest absolute Gasteiger partial charge is 0.380 e. The fraction of sp³-hybridized carbons (Fsp3) is 0.609. The van der Waals surface area contributed by atoms with Crippen molar-refractivity contribution < 1.29 is 17.4 Å². The minimum Gasteiger partial charge on any atom is -0.371 e. The van der Waals surface area contributed by atoms with E-state index in [2.05, 4.69) is 25.2 Å². The van der Waals surface area contributed by atoms with Gasteiger partial charge in [0, 0.05) is 17.5 Å². The van der Waals surface area contributed by atoms with Gasteiger partial charge in [-0.15, -0.1) is 0 Å². The van der Waals surface area contributed by atoms with Crippen LogP contribution in [0.5, 0.6) is 5.75 Å². The zero-order valence-electron chi connectivity index (χ0n) is 17.8. The number of carbonyl (C=O) groups is 1. The van der Waals surface area contributed by atoms with Crippen LogP contribution in [0.25, 0.3) is 0 Å². The molecule has 1 amide bonds. The van der Waals surface area contributed by atoms with Crippen LogP contribution in [0, 0.1) is 17.3 Å². The minimum atomic E-state index is -4.01. The van der Waals surface area contributed by atoms with E-state index in [4.69, 9.17) is 9.32 Å². The molecule has 0 radical (unpaired) electrons. The highest BCUT2D eigenvalue weighted by Gasteiger charge is 2.53. The maximum Gasteiger partial charge on any atom is 0.380 e. The quantitative estimate of drug-likeness (QED) is 0.671. The Morgan fingerprint density at radius 2 is 2.13 bits per heavy atom. The molecular weight excluding hydrogens is 400 g/mol. The molecule has 1 aromatic carbocycles. The van der Waals surface area contributed by atoms with Crippen molar-refractivity contribution in [2.24, 2.45) is 22.4 Å². The highest BCUT2D eigenvalue weighted by Crippen LogP contribution is 2.61. The molecular formula is C23H32N2O4S. The molecule has 6 nitrogen and oxygen atoms in total. The first kappa shape index (κ1) is 21.4. The summed E-state index contributed by atoms with van der Waals surface area (Å²) in [5.74, 6) is 1.87. The average molecular weight is 433 g/mol. The summed E-state index contributed by atoms with van der Waals surface area (Å²) in [6, 6.07) is 5.54. The molecule has 0 bridgehead atoms. The molecule has 1 saturated carbocycles. The predicted octanol–water partition coefficient (Wildman–Crippen LogP) is 3.58. The molecule has 164 valence electrons. The second-order valence-corrected chi connectivity index (χ2v) is 10.4. The van der Waals surface area contributed by atoms with Crippen molar-refractivity contribution in [3.63, 3.8) is 0 Å². The number of nitrogens with one attached hydrogen (secondary N) is 1. The van der Waals surface area contributed by atoms with Crippen molar-refractivity contribution >= 4 is 16.2 Å². The highest BCUT2D eigenvalue weighted by atomic mass is 32.2. The van der Waals surface area contributed by atoms with E-state index in [9.17, 15) is 13.2 Å². The number of rotatable bonds is 6. The number of amides is 1. The van der Waals surface area contributed by atoms with Crippen molar-refractivity contribution in [1.29, 1.82) is 0 Å². The molecule has 0 heterocycles. The standard InChI is InChI=1S/C23H32N2O4S/c1-3-4-13-25-22(26)21-10-9-20-19-7-5-15-14-16(29-30(24,27)28)6-8-17(15)18(19)11-12-23(20,21)2/h6,8,10,14,18-20H,3-5,7,9,11-13H2,1-2H3,(H,25,26)(H2,24,27,28)/t18?,19?,20?,23-/m0/s1. The summed E-state index contributed by atoms with van der Waals surface area (Å²) in [5, 5.41) is 8.13. The zero-order valence-corrected chi connectivity index (χ0v) is 18.6. The van der Waals surface area contributed by atoms with Crippen LogP contribution in [-0.4, -0.2) is 20.9 Å². The topological polar surface area (TPSA) is 98.5 Å². The number of carbonyl (C=O) groups excluding carboxylic acids is 1. The van der Waals surface area contributed by atoms with E-state index in [-0.39, 0.29) is 17.1 Å². The number of nitrogens with two attached hydrogens (primary N) is 1. The number of benzene rings is 1. The van der Waals surface area contributed by atoms with Crippen LogP contribution in [0.2, 0.25) is 0 Å². The molecule has 1 aromatic rings. The van der Waals surface area contributed by atoms with Gasteiger partial charge in [0.1, 0.15) is 5.75 Å². The van der Waals surface area contributed by atoms with Gasteiger partial charge in [0.05, 0.1) is 0 Å². The summed E-state index contributed by atoms with van der Waals surface area (Å²) in [7, 11) is -4.01. The first-order valence-corrected chi connectivity index (χ1v) is 12.5. The lowest BCUT2D eigenvalue weighted by atomic mass is 9.54. The summed E-state index contributed by atoms with van der Waals surface area (Å²) in [6.07, 6.45) is 9.23. The zero-order chi connectivity index (χ0) is 21.5. The van der Waals surface area contributed by atoms with E-state index in [0.29, 0.717) is 17.8 Å². The van der Waals surface area contributed by atoms with Gasteiger partial charge in [-0.1, -0.05) is 32.4 Å². The van der Waals surface area contributed by atoms with E-state index < -0.39 is 10.3 Å². The van der Waals surface area contributed by atoms with Crippen molar-refractivity contribution in [3.8, 4) is 5.75 Å². The molecule has 0 spiro atoms. The number of fused-ring (bicyclic) bond motifs is 5. The Labute approximate surface area is 179 Å². The Bertz CT molecular complexity index is 971. The first-order chi connectivity index (χ1) is 14.2. The van der Waals surface area contributed by atoms with E-state index in [0.717, 1.165) is 62.6 Å². The summed E-state index contributed by atoms with van der Waals surface area (Å²) < 4.78 is 27.4. The summed E-state index contributed by atoms with van der Waals surface area (Å²) in [5.41, 5.74) is 3.40. The van der Waals surface area contributed by atoms with E-state index in [1.54, 1.807) is 6.07 Å². The van der Waals surface area contributed by atoms with Gasteiger partial charge in [-0.25, -0.2) is 0 Å². The smallest absolute Gasteiger partial charge is 0.371 e. The average Bonchev–Trinajstić information content (AvgIpc) is 3.03. The molecule has 4 atom stereocenters. The van der Waals surface area contributed by atoms with Gasteiger partial charge in [-0.2, -0.15) is 13.6 Å². The highest BCUT2D eigenvalue weighted by molar-refractivity contribution is 7.84. The fourth-order valence-corrected chi connectivity index (χ4v) is 6.51. The van der Waals surface area contributed by atoms with Crippen LogP contribution in [0.15, 0.2) is 29.8 Å². The number of hydrogen-bond donors (Lipinski definition) is 2. The van der Waals surface area contributed by atoms with Crippen molar-refractivity contribution in [3.05, 3.63) is 41.0 Å². The summed E-state index contributed by atoms with van der Waals surface area (Å²) in [4.78, 5) is 12.8. The van der Waals surface area contributed by atoms with Crippen molar-refractivity contribution in [2.45, 2.75) is 64.7 Å². The summed E-state index contributed by atoms with van der Waals surface area (Å²) in [6.45, 7) is 5.16. The maximum absolute atomic E-state index is 12.8. The van der Waals surface area contributed by atoms with Gasteiger partial charge < -0.3 is 9.50 Å². The molecule has 3 aliphatic rings. The Kier molecular flexibility index (Phi) is 5.70. The molecule has 0 aromatic heterocycles. The molecule has 7 heteroatoms. The lowest BCUT2D eigenvalue weighted by Gasteiger charge is -2.50. The van der Waals surface area contributed by atoms with Crippen LogP contribution in [-0.2, 0) is 21.5 Å². The number of unbranched alkanes of at least 4 members (excludes halogenated alkanes) is 1. The third-order valence-electron chi connectivity index (χ3n) is 7.55. The number of aryl methyl sites for hydroxylation is 1. The van der Waals surface area contributed by atoms with Gasteiger partial charge in [0.25, 0.3) is 0 Å². The molecule has 3 unspecified atom stereocenters. The van der Waals surface area contributed by atoms with Gasteiger partial charge >= 0.3 is 10.3 Å². The Balaban J connectivity index is 1.52. The SMILES string of the molecule is CCCCNC(=O)C1=CCC2C3CCc4cc(OS(N)(=O)=O)ccc4C3CC[C@]12C. The van der Waals surface area contributed by atoms with Crippen LogP contribution >= 0.6 is 0 Å². The molecule has 30 heavy (non-hydrogen) atoms. The monoisotopic (exact) mass is 432 g/mol. The molecule has 0 saturated heterocycles. The molecule has 4 rings (SSSR count). The fourth-order valence-electron chi connectivity index (χ4n) is 6.14. The second-order valence-electron chi connectivity index (χ2n) is 9.27. The Hall–Kier alpha value is -1.86. The Morgan fingerprint density at radius 3 is 2.87 bits per heavy atom.